The highest BCUT2D eigenvalue weighted by atomic mass is 16.5. The Balaban J connectivity index is 1.64. The molecule has 6 heteroatoms. The number of nitriles is 1. The summed E-state index contributed by atoms with van der Waals surface area (Å²) in [6.07, 6.45) is 0. The van der Waals surface area contributed by atoms with Crippen LogP contribution in [0.1, 0.15) is 11.1 Å². The van der Waals surface area contributed by atoms with Crippen LogP contribution in [0.2, 0.25) is 0 Å². The predicted octanol–water partition coefficient (Wildman–Crippen LogP) is 3.23. The van der Waals surface area contributed by atoms with E-state index in [1.165, 1.54) is 0 Å². The molecule has 2 aromatic rings. The maximum atomic E-state index is 12.6. The molecule has 0 atom stereocenters. The largest absolute Gasteiger partial charge is 0.495 e. The molecule has 1 N–H and O–H groups in total. The summed E-state index contributed by atoms with van der Waals surface area (Å²) in [5.74, 6) is 0.644. The molecule has 1 fully saturated rings. The van der Waals surface area contributed by atoms with Crippen LogP contribution in [0, 0.1) is 18.3 Å². The Morgan fingerprint density at radius 1 is 1.15 bits per heavy atom. The second-order valence-electron chi connectivity index (χ2n) is 6.24. The van der Waals surface area contributed by atoms with Crippen LogP contribution in [0.25, 0.3) is 0 Å². The summed E-state index contributed by atoms with van der Waals surface area (Å²) in [6, 6.07) is 15.3. The van der Waals surface area contributed by atoms with Gasteiger partial charge < -0.3 is 19.9 Å². The molecular weight excluding hydrogens is 328 g/mol. The van der Waals surface area contributed by atoms with Crippen molar-refractivity contribution >= 4 is 17.4 Å². The third-order valence-electron chi connectivity index (χ3n) is 4.53. The van der Waals surface area contributed by atoms with E-state index in [-0.39, 0.29) is 6.03 Å². The number of ether oxygens (including phenoxy) is 1. The van der Waals surface area contributed by atoms with Gasteiger partial charge in [0.1, 0.15) is 11.8 Å². The third-order valence-corrected chi connectivity index (χ3v) is 4.53. The van der Waals surface area contributed by atoms with E-state index in [2.05, 4.69) is 16.3 Å². The number of aryl methyl sites for hydroxylation is 1. The van der Waals surface area contributed by atoms with Gasteiger partial charge in [0.05, 0.1) is 24.0 Å². The van der Waals surface area contributed by atoms with Crippen LogP contribution in [0.3, 0.4) is 0 Å². The molecule has 0 saturated carbocycles. The monoisotopic (exact) mass is 350 g/mol. The van der Waals surface area contributed by atoms with Crippen molar-refractivity contribution in [3.8, 4) is 11.8 Å². The van der Waals surface area contributed by atoms with Crippen molar-refractivity contribution in [2.24, 2.45) is 0 Å². The normalized spacial score (nSPS) is 13.9. The number of anilines is 2. The van der Waals surface area contributed by atoms with Gasteiger partial charge in [-0.05, 0) is 36.8 Å². The Labute approximate surface area is 153 Å². The Morgan fingerprint density at radius 3 is 2.58 bits per heavy atom. The predicted molar refractivity (Wildman–Crippen MR) is 102 cm³/mol. The van der Waals surface area contributed by atoms with Crippen molar-refractivity contribution in [3.63, 3.8) is 0 Å². The zero-order valence-electron chi connectivity index (χ0n) is 15.0. The molecule has 1 saturated heterocycles. The highest BCUT2D eigenvalue weighted by Crippen LogP contribution is 2.26. The minimum Gasteiger partial charge on any atom is -0.495 e. The first-order valence-corrected chi connectivity index (χ1v) is 8.57. The standard InChI is InChI=1S/C20H22N4O2/c1-15-7-8-19(26-2)17(13-15)22-20(25)24-11-9-23(10-12-24)18-6-4-3-5-16(18)14-21/h3-8,13H,9-12H2,1-2H3,(H,22,25). The van der Waals surface area contributed by atoms with E-state index >= 15 is 0 Å². The first kappa shape index (κ1) is 17.6. The fourth-order valence-corrected chi connectivity index (χ4v) is 3.11. The van der Waals surface area contributed by atoms with Crippen molar-refractivity contribution < 1.29 is 9.53 Å². The van der Waals surface area contributed by atoms with Gasteiger partial charge in [-0.25, -0.2) is 4.79 Å². The molecule has 0 unspecified atom stereocenters. The topological polar surface area (TPSA) is 68.6 Å². The number of methoxy groups -OCH3 is 1. The first-order chi connectivity index (χ1) is 12.6. The molecule has 0 aromatic heterocycles. The quantitative estimate of drug-likeness (QED) is 0.923. The van der Waals surface area contributed by atoms with Crippen LogP contribution in [0.5, 0.6) is 5.75 Å². The maximum absolute atomic E-state index is 12.6. The Kier molecular flexibility index (Phi) is 5.28. The zero-order chi connectivity index (χ0) is 18.5. The van der Waals surface area contributed by atoms with Crippen molar-refractivity contribution in [2.45, 2.75) is 6.92 Å². The summed E-state index contributed by atoms with van der Waals surface area (Å²) < 4.78 is 5.32. The van der Waals surface area contributed by atoms with Gasteiger partial charge in [-0.2, -0.15) is 5.26 Å². The van der Waals surface area contributed by atoms with Crippen LogP contribution in [0.4, 0.5) is 16.2 Å². The number of carbonyl (C=O) groups is 1. The summed E-state index contributed by atoms with van der Waals surface area (Å²) in [4.78, 5) is 16.5. The number of rotatable bonds is 3. The number of hydrogen-bond acceptors (Lipinski definition) is 4. The van der Waals surface area contributed by atoms with Crippen LogP contribution in [-0.4, -0.2) is 44.2 Å². The number of amides is 2. The number of nitrogens with one attached hydrogen (secondary N) is 1. The number of nitrogens with zero attached hydrogens (tertiary/aromatic N) is 3. The molecule has 134 valence electrons. The Bertz CT molecular complexity index is 836. The molecular formula is C20H22N4O2. The second-order valence-corrected chi connectivity index (χ2v) is 6.24. The van der Waals surface area contributed by atoms with Crippen LogP contribution >= 0.6 is 0 Å². The summed E-state index contributed by atoms with van der Waals surface area (Å²) >= 11 is 0. The molecule has 3 rings (SSSR count). The van der Waals surface area contributed by atoms with Gasteiger partial charge >= 0.3 is 6.03 Å². The minimum atomic E-state index is -0.137. The number of carbonyl (C=O) groups excluding carboxylic acids is 1. The molecule has 1 aliphatic rings. The SMILES string of the molecule is COc1ccc(C)cc1NC(=O)N1CCN(c2ccccc2C#N)CC1. The molecule has 0 bridgehead atoms. The molecule has 1 heterocycles. The van der Waals surface area contributed by atoms with E-state index in [4.69, 9.17) is 4.74 Å². The highest BCUT2D eigenvalue weighted by molar-refractivity contribution is 5.91. The summed E-state index contributed by atoms with van der Waals surface area (Å²) in [5.41, 5.74) is 3.32. The van der Waals surface area contributed by atoms with E-state index in [0.29, 0.717) is 43.2 Å². The van der Waals surface area contributed by atoms with E-state index in [1.807, 2.05) is 49.4 Å². The molecule has 0 aliphatic carbocycles. The lowest BCUT2D eigenvalue weighted by molar-refractivity contribution is 0.208. The third kappa shape index (κ3) is 3.72. The molecule has 2 aromatic carbocycles. The summed E-state index contributed by atoms with van der Waals surface area (Å²) in [7, 11) is 1.59. The second kappa shape index (κ2) is 7.79. The van der Waals surface area contributed by atoms with Crippen LogP contribution < -0.4 is 15.0 Å². The van der Waals surface area contributed by atoms with Gasteiger partial charge in [0, 0.05) is 26.2 Å². The Hall–Kier alpha value is -3.20. The summed E-state index contributed by atoms with van der Waals surface area (Å²) in [6.45, 7) is 4.55. The lowest BCUT2D eigenvalue weighted by Crippen LogP contribution is -2.50. The van der Waals surface area contributed by atoms with E-state index in [9.17, 15) is 10.1 Å². The van der Waals surface area contributed by atoms with Crippen LogP contribution in [-0.2, 0) is 0 Å². The molecule has 26 heavy (non-hydrogen) atoms. The molecule has 2 amide bonds. The van der Waals surface area contributed by atoms with Gasteiger partial charge in [-0.3, -0.25) is 0 Å². The fraction of sp³-hybridized carbons (Fsp3) is 0.300. The van der Waals surface area contributed by atoms with E-state index < -0.39 is 0 Å². The molecule has 6 nitrogen and oxygen atoms in total. The lowest BCUT2D eigenvalue weighted by atomic mass is 10.1. The van der Waals surface area contributed by atoms with Crippen LogP contribution in [0.15, 0.2) is 42.5 Å². The number of para-hydroxylation sites is 1. The molecule has 0 radical (unpaired) electrons. The van der Waals surface area contributed by atoms with Crippen molar-refractivity contribution in [1.29, 1.82) is 5.26 Å². The smallest absolute Gasteiger partial charge is 0.322 e. The van der Waals surface area contributed by atoms with Gasteiger partial charge in [0.2, 0.25) is 0 Å². The Morgan fingerprint density at radius 2 is 1.88 bits per heavy atom. The highest BCUT2D eigenvalue weighted by Gasteiger charge is 2.23. The van der Waals surface area contributed by atoms with Gasteiger partial charge in [-0.15, -0.1) is 0 Å². The molecule has 1 aliphatic heterocycles. The van der Waals surface area contributed by atoms with Gasteiger partial charge in [0.25, 0.3) is 0 Å². The average molecular weight is 350 g/mol. The lowest BCUT2D eigenvalue weighted by Gasteiger charge is -2.36. The van der Waals surface area contributed by atoms with Crippen molar-refractivity contribution in [3.05, 3.63) is 53.6 Å². The number of urea groups is 1. The maximum Gasteiger partial charge on any atom is 0.322 e. The van der Waals surface area contributed by atoms with Crippen molar-refractivity contribution in [2.75, 3.05) is 43.5 Å². The average Bonchev–Trinajstić information content (AvgIpc) is 2.68. The fourth-order valence-electron chi connectivity index (χ4n) is 3.11. The van der Waals surface area contributed by atoms with Gasteiger partial charge in [0.15, 0.2) is 0 Å². The van der Waals surface area contributed by atoms with Gasteiger partial charge in [-0.1, -0.05) is 18.2 Å². The zero-order valence-corrected chi connectivity index (χ0v) is 15.0. The minimum absolute atomic E-state index is 0.137. The number of benzene rings is 2. The van der Waals surface area contributed by atoms with Crippen molar-refractivity contribution in [1.82, 2.24) is 4.90 Å². The first-order valence-electron chi connectivity index (χ1n) is 8.57. The molecule has 0 spiro atoms. The summed E-state index contributed by atoms with van der Waals surface area (Å²) in [5, 5.41) is 12.2. The van der Waals surface area contributed by atoms with E-state index in [1.54, 1.807) is 12.0 Å². The number of hydrogen-bond donors (Lipinski definition) is 1. The van der Waals surface area contributed by atoms with E-state index in [0.717, 1.165) is 11.3 Å². The number of piperazine rings is 1.